The Morgan fingerprint density at radius 1 is 1.03 bits per heavy atom. The van der Waals surface area contributed by atoms with E-state index in [2.05, 4.69) is 0 Å². The molecule has 0 unspecified atom stereocenters. The van der Waals surface area contributed by atoms with Crippen LogP contribution in [0.4, 0.5) is 5.69 Å². The molecular formula is C24H16ClNO6. The highest BCUT2D eigenvalue weighted by Gasteiger charge is 2.22. The third-order valence-corrected chi connectivity index (χ3v) is 5.36. The van der Waals surface area contributed by atoms with Crippen LogP contribution < -0.4 is 10.2 Å². The quantitative estimate of drug-likeness (QED) is 0.220. The van der Waals surface area contributed by atoms with Gasteiger partial charge in [0.05, 0.1) is 15.9 Å². The van der Waals surface area contributed by atoms with Crippen molar-refractivity contribution in [2.45, 2.75) is 13.8 Å². The lowest BCUT2D eigenvalue weighted by atomic mass is 10.1. The average Bonchev–Trinajstić information content (AvgIpc) is 2.77. The predicted octanol–water partition coefficient (Wildman–Crippen LogP) is 5.86. The lowest BCUT2D eigenvalue weighted by Crippen LogP contribution is -2.16. The van der Waals surface area contributed by atoms with E-state index in [0.717, 1.165) is 11.1 Å². The second-order valence-corrected chi connectivity index (χ2v) is 7.65. The average molecular weight is 450 g/mol. The number of nitro groups is 1. The number of benzene rings is 3. The summed E-state index contributed by atoms with van der Waals surface area (Å²) in [6, 6.07) is 15.2. The number of fused-ring (bicyclic) bond motifs is 1. The van der Waals surface area contributed by atoms with E-state index in [9.17, 15) is 19.7 Å². The molecular weight excluding hydrogens is 434 g/mol. The molecule has 0 amide bonds. The molecule has 0 bridgehead atoms. The zero-order valence-electron chi connectivity index (χ0n) is 17.0. The number of hydrogen-bond donors (Lipinski definition) is 0. The highest BCUT2D eigenvalue weighted by atomic mass is 35.5. The Hall–Kier alpha value is -3.97. The molecule has 3 aromatic carbocycles. The molecule has 4 rings (SSSR count). The summed E-state index contributed by atoms with van der Waals surface area (Å²) in [6.45, 7) is 3.71. The van der Waals surface area contributed by atoms with Gasteiger partial charge in [-0.3, -0.25) is 14.9 Å². The number of halogens is 1. The number of nitrogens with zero attached hydrogens (tertiary/aromatic N) is 1. The summed E-state index contributed by atoms with van der Waals surface area (Å²) in [6.07, 6.45) is 0. The third-order valence-electron chi connectivity index (χ3n) is 4.95. The first-order chi connectivity index (χ1) is 15.2. The molecule has 1 heterocycles. The minimum absolute atomic E-state index is 0.0480. The summed E-state index contributed by atoms with van der Waals surface area (Å²) >= 11 is 6.18. The van der Waals surface area contributed by atoms with Gasteiger partial charge >= 0.3 is 5.97 Å². The fraction of sp³-hybridized carbons (Fsp3) is 0.0833. The molecule has 4 aromatic rings. The summed E-state index contributed by atoms with van der Waals surface area (Å²) in [4.78, 5) is 36.3. The van der Waals surface area contributed by atoms with Gasteiger partial charge < -0.3 is 9.15 Å². The largest absolute Gasteiger partial charge is 0.452 e. The van der Waals surface area contributed by atoms with Crippen LogP contribution in [0, 0.1) is 24.0 Å². The summed E-state index contributed by atoms with van der Waals surface area (Å²) < 4.78 is 11.5. The van der Waals surface area contributed by atoms with Gasteiger partial charge in [0, 0.05) is 22.7 Å². The topological polar surface area (TPSA) is 99.7 Å². The van der Waals surface area contributed by atoms with Crippen molar-refractivity contribution in [3.63, 3.8) is 0 Å². The van der Waals surface area contributed by atoms with E-state index in [1.165, 1.54) is 30.3 Å². The number of nitro benzene ring substituents is 1. The molecule has 8 heteroatoms. The van der Waals surface area contributed by atoms with Crippen LogP contribution >= 0.6 is 11.6 Å². The van der Waals surface area contributed by atoms with Gasteiger partial charge in [-0.05, 0) is 43.7 Å². The summed E-state index contributed by atoms with van der Waals surface area (Å²) in [7, 11) is 0. The molecule has 0 fully saturated rings. The van der Waals surface area contributed by atoms with E-state index in [0.29, 0.717) is 16.2 Å². The summed E-state index contributed by atoms with van der Waals surface area (Å²) in [5.41, 5.74) is 1.91. The number of aryl methyl sites for hydroxylation is 2. The van der Waals surface area contributed by atoms with Crippen molar-refractivity contribution in [3.05, 3.63) is 103 Å². The zero-order chi connectivity index (χ0) is 23.0. The number of ether oxygens (including phenoxy) is 1. The number of hydrogen-bond acceptors (Lipinski definition) is 6. The SMILES string of the molecule is Cc1ccc(-c2oc3cc(C)c(Cl)cc3c(=O)c2OC(=O)c2ccc([N+](=O)[O-])cc2)cc1. The molecule has 0 aliphatic rings. The van der Waals surface area contributed by atoms with Gasteiger partial charge in [-0.2, -0.15) is 0 Å². The number of esters is 1. The van der Waals surface area contributed by atoms with Gasteiger partial charge in [-0.15, -0.1) is 0 Å². The van der Waals surface area contributed by atoms with Crippen LogP contribution in [0.25, 0.3) is 22.3 Å². The summed E-state index contributed by atoms with van der Waals surface area (Å²) in [5, 5.41) is 11.4. The third kappa shape index (κ3) is 3.98. The molecule has 160 valence electrons. The maximum Gasteiger partial charge on any atom is 0.343 e. The smallest absolute Gasteiger partial charge is 0.343 e. The Labute approximate surface area is 187 Å². The first-order valence-electron chi connectivity index (χ1n) is 9.55. The van der Waals surface area contributed by atoms with Crippen LogP contribution in [0.15, 0.2) is 69.9 Å². The van der Waals surface area contributed by atoms with Crippen molar-refractivity contribution in [1.29, 1.82) is 0 Å². The monoisotopic (exact) mass is 449 g/mol. The molecule has 0 N–H and O–H groups in total. The van der Waals surface area contributed by atoms with E-state index in [1.807, 2.05) is 19.1 Å². The second-order valence-electron chi connectivity index (χ2n) is 7.25. The molecule has 32 heavy (non-hydrogen) atoms. The van der Waals surface area contributed by atoms with E-state index in [4.69, 9.17) is 20.8 Å². The van der Waals surface area contributed by atoms with Crippen LogP contribution in [0.2, 0.25) is 5.02 Å². The van der Waals surface area contributed by atoms with Crippen LogP contribution in [-0.2, 0) is 0 Å². The van der Waals surface area contributed by atoms with Crippen molar-refractivity contribution >= 4 is 34.2 Å². The Bertz CT molecular complexity index is 1420. The molecule has 0 radical (unpaired) electrons. The van der Waals surface area contributed by atoms with Crippen LogP contribution in [0.1, 0.15) is 21.5 Å². The van der Waals surface area contributed by atoms with Crippen molar-refractivity contribution in [2.24, 2.45) is 0 Å². The fourth-order valence-corrected chi connectivity index (χ4v) is 3.32. The second kappa shape index (κ2) is 8.28. The normalized spacial score (nSPS) is 10.8. The van der Waals surface area contributed by atoms with E-state index in [-0.39, 0.29) is 28.1 Å². The molecule has 0 aliphatic carbocycles. The van der Waals surface area contributed by atoms with Gasteiger partial charge in [0.1, 0.15) is 5.58 Å². The molecule has 0 atom stereocenters. The van der Waals surface area contributed by atoms with Gasteiger partial charge in [-0.25, -0.2) is 4.79 Å². The van der Waals surface area contributed by atoms with Gasteiger partial charge in [0.25, 0.3) is 5.69 Å². The highest BCUT2D eigenvalue weighted by molar-refractivity contribution is 6.32. The predicted molar refractivity (Wildman–Crippen MR) is 120 cm³/mol. The van der Waals surface area contributed by atoms with Gasteiger partial charge in [0.15, 0.2) is 5.76 Å². The van der Waals surface area contributed by atoms with Crippen LogP contribution in [-0.4, -0.2) is 10.9 Å². The Morgan fingerprint density at radius 2 is 1.69 bits per heavy atom. The minimum atomic E-state index is -0.849. The number of rotatable bonds is 4. The van der Waals surface area contributed by atoms with E-state index >= 15 is 0 Å². The number of carbonyl (C=O) groups is 1. The number of non-ortho nitro benzene ring substituents is 1. The van der Waals surface area contributed by atoms with Crippen molar-refractivity contribution in [3.8, 4) is 17.1 Å². The highest BCUT2D eigenvalue weighted by Crippen LogP contribution is 2.33. The standard InChI is InChI=1S/C24H16ClNO6/c1-13-3-5-15(6-4-13)22-23(21(27)18-12-19(25)14(2)11-20(18)31-22)32-24(28)16-7-9-17(10-8-16)26(29)30/h3-12H,1-2H3. The van der Waals surface area contributed by atoms with Crippen molar-refractivity contribution < 1.29 is 18.9 Å². The van der Waals surface area contributed by atoms with Gasteiger partial charge in [-0.1, -0.05) is 41.4 Å². The Morgan fingerprint density at radius 3 is 2.31 bits per heavy atom. The lowest BCUT2D eigenvalue weighted by molar-refractivity contribution is -0.384. The molecule has 1 aromatic heterocycles. The molecule has 0 spiro atoms. The van der Waals surface area contributed by atoms with Crippen LogP contribution in [0.3, 0.4) is 0 Å². The molecule has 7 nitrogen and oxygen atoms in total. The minimum Gasteiger partial charge on any atom is -0.452 e. The lowest BCUT2D eigenvalue weighted by Gasteiger charge is -2.12. The summed E-state index contributed by atoms with van der Waals surface area (Å²) in [5.74, 6) is -1.04. The van der Waals surface area contributed by atoms with Crippen LogP contribution in [0.5, 0.6) is 5.75 Å². The van der Waals surface area contributed by atoms with E-state index < -0.39 is 16.3 Å². The first-order valence-corrected chi connectivity index (χ1v) is 9.93. The zero-order valence-corrected chi connectivity index (χ0v) is 17.8. The number of carbonyl (C=O) groups excluding carboxylic acids is 1. The Balaban J connectivity index is 1.86. The molecule has 0 aliphatic heterocycles. The Kier molecular flexibility index (Phi) is 5.50. The molecule has 0 saturated carbocycles. The molecule has 0 saturated heterocycles. The maximum atomic E-state index is 13.3. The van der Waals surface area contributed by atoms with Gasteiger partial charge in [0.2, 0.25) is 11.2 Å². The fourth-order valence-electron chi connectivity index (χ4n) is 3.16. The first kappa shape index (κ1) is 21.3. The van der Waals surface area contributed by atoms with E-state index in [1.54, 1.807) is 25.1 Å². The maximum absolute atomic E-state index is 13.3. The van der Waals surface area contributed by atoms with Crippen molar-refractivity contribution in [2.75, 3.05) is 0 Å². The van der Waals surface area contributed by atoms with Crippen molar-refractivity contribution in [1.82, 2.24) is 0 Å².